The van der Waals surface area contributed by atoms with Crippen molar-refractivity contribution in [1.82, 2.24) is 14.9 Å². The minimum atomic E-state index is -2.78. The molecule has 0 saturated carbocycles. The lowest BCUT2D eigenvalue weighted by Gasteiger charge is -2.16. The number of benzene rings is 2. The van der Waals surface area contributed by atoms with E-state index in [9.17, 15) is 18.0 Å². The second kappa shape index (κ2) is 7.47. The highest BCUT2D eigenvalue weighted by Gasteiger charge is 2.22. The third kappa shape index (κ3) is 3.79. The third-order valence-electron chi connectivity index (χ3n) is 3.77. The molecule has 1 heterocycles. The van der Waals surface area contributed by atoms with Crippen LogP contribution >= 0.6 is 0 Å². The van der Waals surface area contributed by atoms with Gasteiger partial charge in [0, 0.05) is 0 Å². The van der Waals surface area contributed by atoms with Crippen molar-refractivity contribution in [3.8, 4) is 5.75 Å². The molecule has 1 unspecified atom stereocenters. The molecule has 3 rings (SSSR count). The van der Waals surface area contributed by atoms with Crippen molar-refractivity contribution in [2.75, 3.05) is 6.61 Å². The maximum absolute atomic E-state index is 13.4. The largest absolute Gasteiger partial charge is 0.484 e. The van der Waals surface area contributed by atoms with Gasteiger partial charge in [0.25, 0.3) is 5.91 Å². The second-order valence-electron chi connectivity index (χ2n) is 5.64. The Morgan fingerprint density at radius 1 is 1.19 bits per heavy atom. The van der Waals surface area contributed by atoms with Gasteiger partial charge in [-0.1, -0.05) is 12.1 Å². The fourth-order valence-corrected chi connectivity index (χ4v) is 2.60. The molecule has 3 aromatic rings. The van der Waals surface area contributed by atoms with E-state index in [1.54, 1.807) is 31.2 Å². The second-order valence-corrected chi connectivity index (χ2v) is 5.64. The Labute approximate surface area is 147 Å². The molecule has 0 bridgehead atoms. The number of imidazole rings is 1. The van der Waals surface area contributed by atoms with Crippen molar-refractivity contribution in [1.29, 1.82) is 0 Å². The summed E-state index contributed by atoms with van der Waals surface area (Å²) >= 11 is 0. The average molecular weight is 363 g/mol. The monoisotopic (exact) mass is 363 g/mol. The van der Waals surface area contributed by atoms with E-state index in [4.69, 9.17) is 4.74 Å². The molecule has 5 nitrogen and oxygen atoms in total. The number of fused-ring (bicyclic) bond motifs is 1. The van der Waals surface area contributed by atoms with E-state index in [0.29, 0.717) is 16.8 Å². The zero-order valence-electron chi connectivity index (χ0n) is 13.8. The first-order chi connectivity index (χ1) is 12.5. The molecule has 26 heavy (non-hydrogen) atoms. The molecule has 0 radical (unpaired) electrons. The number of nitrogens with one attached hydrogen (secondary N) is 1. The van der Waals surface area contributed by atoms with Crippen molar-refractivity contribution in [3.05, 3.63) is 60.2 Å². The molecule has 1 N–H and O–H groups in total. The van der Waals surface area contributed by atoms with Gasteiger partial charge in [0.05, 0.1) is 17.1 Å². The molecular weight excluding hydrogens is 347 g/mol. The van der Waals surface area contributed by atoms with Gasteiger partial charge in [-0.2, -0.15) is 8.78 Å². The number of alkyl halides is 2. The first kappa shape index (κ1) is 17.8. The summed E-state index contributed by atoms with van der Waals surface area (Å²) in [7, 11) is 0. The first-order valence-corrected chi connectivity index (χ1v) is 7.88. The van der Waals surface area contributed by atoms with Crippen LogP contribution in [0.3, 0.4) is 0 Å². The van der Waals surface area contributed by atoms with Crippen LogP contribution in [0.15, 0.2) is 48.5 Å². The summed E-state index contributed by atoms with van der Waals surface area (Å²) in [6, 6.07) is 11.0. The summed E-state index contributed by atoms with van der Waals surface area (Å²) in [5, 5.41) is 2.58. The molecule has 2 aromatic carbocycles. The van der Waals surface area contributed by atoms with Gasteiger partial charge in [0.1, 0.15) is 17.4 Å². The number of rotatable bonds is 6. The number of nitrogens with zero attached hydrogens (tertiary/aromatic N) is 2. The number of hydrogen-bond acceptors (Lipinski definition) is 3. The van der Waals surface area contributed by atoms with Gasteiger partial charge < -0.3 is 10.1 Å². The maximum atomic E-state index is 13.4. The Kier molecular flexibility index (Phi) is 5.11. The first-order valence-electron chi connectivity index (χ1n) is 7.88. The van der Waals surface area contributed by atoms with Crippen LogP contribution in [-0.2, 0) is 4.79 Å². The van der Waals surface area contributed by atoms with Gasteiger partial charge >= 0.3 is 6.55 Å². The topological polar surface area (TPSA) is 56.1 Å². The minimum absolute atomic E-state index is 0.0522. The Morgan fingerprint density at radius 2 is 1.88 bits per heavy atom. The summed E-state index contributed by atoms with van der Waals surface area (Å²) in [5.74, 6) is -0.540. The predicted octanol–water partition coefficient (Wildman–Crippen LogP) is 3.83. The van der Waals surface area contributed by atoms with E-state index in [0.717, 1.165) is 4.57 Å². The van der Waals surface area contributed by atoms with Crippen LogP contribution in [0.1, 0.15) is 25.3 Å². The van der Waals surface area contributed by atoms with Gasteiger partial charge in [-0.15, -0.1) is 0 Å². The van der Waals surface area contributed by atoms with Gasteiger partial charge in [-0.3, -0.25) is 9.36 Å². The molecule has 0 fully saturated rings. The van der Waals surface area contributed by atoms with Gasteiger partial charge in [0.2, 0.25) is 0 Å². The van der Waals surface area contributed by atoms with Gasteiger partial charge in [0.15, 0.2) is 6.61 Å². The lowest BCUT2D eigenvalue weighted by molar-refractivity contribution is -0.123. The molecule has 0 spiro atoms. The molecule has 0 aliphatic carbocycles. The van der Waals surface area contributed by atoms with Crippen LogP contribution < -0.4 is 10.1 Å². The fraction of sp³-hybridized carbons (Fsp3) is 0.222. The summed E-state index contributed by atoms with van der Waals surface area (Å²) in [4.78, 5) is 16.2. The maximum Gasteiger partial charge on any atom is 0.320 e. The van der Waals surface area contributed by atoms with Crippen molar-refractivity contribution < 1.29 is 22.7 Å². The molecule has 0 saturated heterocycles. The summed E-state index contributed by atoms with van der Waals surface area (Å²) in [6.45, 7) is -1.55. The van der Waals surface area contributed by atoms with Gasteiger partial charge in [-0.05, 0) is 43.3 Å². The Balaban J connectivity index is 1.70. The van der Waals surface area contributed by atoms with Crippen LogP contribution in [0.4, 0.5) is 13.2 Å². The smallest absolute Gasteiger partial charge is 0.320 e. The van der Waals surface area contributed by atoms with Crippen LogP contribution in [-0.4, -0.2) is 22.1 Å². The van der Waals surface area contributed by atoms with Crippen molar-refractivity contribution >= 4 is 16.9 Å². The third-order valence-corrected chi connectivity index (χ3v) is 3.77. The quantitative estimate of drug-likeness (QED) is 0.724. The molecule has 0 aliphatic rings. The highest BCUT2D eigenvalue weighted by atomic mass is 19.3. The zero-order valence-corrected chi connectivity index (χ0v) is 13.8. The summed E-state index contributed by atoms with van der Waals surface area (Å²) in [6.07, 6.45) is 0. The van der Waals surface area contributed by atoms with Gasteiger partial charge in [-0.25, -0.2) is 9.37 Å². The summed E-state index contributed by atoms with van der Waals surface area (Å²) < 4.78 is 45.8. The number of ether oxygens (including phenoxy) is 1. The van der Waals surface area contributed by atoms with E-state index in [-0.39, 0.29) is 12.4 Å². The highest BCUT2D eigenvalue weighted by molar-refractivity contribution is 5.79. The number of amides is 1. The lowest BCUT2D eigenvalue weighted by atomic mass is 10.3. The number of carbonyl (C=O) groups excluding carboxylic acids is 1. The van der Waals surface area contributed by atoms with Crippen LogP contribution in [0.5, 0.6) is 5.75 Å². The Hall–Kier alpha value is -3.03. The van der Waals surface area contributed by atoms with E-state index < -0.39 is 24.3 Å². The Morgan fingerprint density at radius 3 is 2.58 bits per heavy atom. The molecule has 8 heteroatoms. The van der Waals surface area contributed by atoms with Crippen LogP contribution in [0.25, 0.3) is 11.0 Å². The van der Waals surface area contributed by atoms with E-state index in [1.165, 1.54) is 24.3 Å². The van der Waals surface area contributed by atoms with E-state index >= 15 is 0 Å². The average Bonchev–Trinajstić information content (AvgIpc) is 3.01. The molecule has 1 aromatic heterocycles. The van der Waals surface area contributed by atoms with Crippen molar-refractivity contribution in [2.24, 2.45) is 0 Å². The lowest BCUT2D eigenvalue weighted by Crippen LogP contribution is -2.32. The normalized spacial score (nSPS) is 12.3. The predicted molar refractivity (Wildman–Crippen MR) is 89.4 cm³/mol. The number of para-hydroxylation sites is 2. The molecule has 1 atom stereocenters. The number of carbonyl (C=O) groups is 1. The summed E-state index contributed by atoms with van der Waals surface area (Å²) in [5.41, 5.74) is 0.715. The zero-order chi connectivity index (χ0) is 18.7. The highest BCUT2D eigenvalue weighted by Crippen LogP contribution is 2.26. The van der Waals surface area contributed by atoms with Crippen LogP contribution in [0, 0.1) is 5.82 Å². The minimum Gasteiger partial charge on any atom is -0.484 e. The van der Waals surface area contributed by atoms with Crippen molar-refractivity contribution in [2.45, 2.75) is 19.5 Å². The number of hydrogen-bond donors (Lipinski definition) is 1. The molecular formula is C18H16F3N3O2. The molecule has 0 aliphatic heterocycles. The van der Waals surface area contributed by atoms with E-state index in [2.05, 4.69) is 10.3 Å². The SMILES string of the molecule is CC(NC(=O)COc1ccc(F)cc1)c1nc2ccccc2n1C(F)F. The Bertz CT molecular complexity index is 910. The standard InChI is InChI=1S/C18H16F3N3O2/c1-11(22-16(25)10-26-13-8-6-12(19)7-9-13)17-23-14-4-2-3-5-15(14)24(17)18(20)21/h2-9,11,18H,10H2,1H3,(H,22,25). The van der Waals surface area contributed by atoms with Crippen molar-refractivity contribution in [3.63, 3.8) is 0 Å². The number of aromatic nitrogens is 2. The van der Waals surface area contributed by atoms with E-state index in [1.807, 2.05) is 0 Å². The van der Waals surface area contributed by atoms with Crippen LogP contribution in [0.2, 0.25) is 0 Å². The fourth-order valence-electron chi connectivity index (χ4n) is 2.60. The number of halogens is 3. The molecule has 136 valence electrons. The molecule has 1 amide bonds.